The Balaban J connectivity index is 1.81. The fraction of sp³-hybridized carbons (Fsp3) is 0.348. The van der Waals surface area contributed by atoms with Gasteiger partial charge in [-0.15, -0.1) is 6.58 Å². The van der Waals surface area contributed by atoms with Crippen LogP contribution in [0.15, 0.2) is 61.2 Å². The molecule has 1 aliphatic rings. The first-order valence-corrected chi connectivity index (χ1v) is 9.47. The van der Waals surface area contributed by atoms with Crippen molar-refractivity contribution in [1.29, 1.82) is 0 Å². The van der Waals surface area contributed by atoms with E-state index in [1.165, 1.54) is 17.2 Å². The van der Waals surface area contributed by atoms with Crippen molar-refractivity contribution in [1.82, 2.24) is 10.2 Å². The van der Waals surface area contributed by atoms with Crippen molar-refractivity contribution in [2.75, 3.05) is 19.6 Å². The van der Waals surface area contributed by atoms with E-state index < -0.39 is 0 Å². The third kappa shape index (κ3) is 5.04. The first kappa shape index (κ1) is 19.3. The Labute approximate surface area is 160 Å². The van der Waals surface area contributed by atoms with Crippen molar-refractivity contribution in [2.45, 2.75) is 25.8 Å². The molecule has 2 aromatic rings. The summed E-state index contributed by atoms with van der Waals surface area (Å²) in [5.41, 5.74) is 3.13. The van der Waals surface area contributed by atoms with Gasteiger partial charge in [0.05, 0.1) is 5.92 Å². The van der Waals surface area contributed by atoms with E-state index in [0.717, 1.165) is 13.0 Å². The normalized spacial score (nSPS) is 20.2. The number of benzene rings is 2. The van der Waals surface area contributed by atoms with Crippen LogP contribution in [0, 0.1) is 18.7 Å². The molecular weight excluding hydrogens is 339 g/mol. The van der Waals surface area contributed by atoms with E-state index in [1.807, 2.05) is 12.1 Å². The highest BCUT2D eigenvalue weighted by molar-refractivity contribution is 5.79. The second kappa shape index (κ2) is 8.96. The molecule has 2 aromatic carbocycles. The average molecular weight is 366 g/mol. The number of nitrogens with zero attached hydrogens (tertiary/aromatic N) is 1. The molecule has 27 heavy (non-hydrogen) atoms. The van der Waals surface area contributed by atoms with Gasteiger partial charge in [0.25, 0.3) is 0 Å². The number of aryl methyl sites for hydroxylation is 1. The highest BCUT2D eigenvalue weighted by atomic mass is 19.1. The highest BCUT2D eigenvalue weighted by Gasteiger charge is 2.32. The number of hydrogen-bond donors (Lipinski definition) is 1. The summed E-state index contributed by atoms with van der Waals surface area (Å²) in [6.07, 6.45) is 2.50. The van der Waals surface area contributed by atoms with Crippen LogP contribution in [-0.4, -0.2) is 30.4 Å². The van der Waals surface area contributed by atoms with Crippen molar-refractivity contribution in [2.24, 2.45) is 5.92 Å². The van der Waals surface area contributed by atoms with Gasteiger partial charge in [-0.2, -0.15) is 0 Å². The van der Waals surface area contributed by atoms with Gasteiger partial charge in [-0.3, -0.25) is 9.69 Å². The van der Waals surface area contributed by atoms with Gasteiger partial charge >= 0.3 is 0 Å². The molecule has 1 N–H and O–H groups in total. The Morgan fingerprint density at radius 1 is 1.26 bits per heavy atom. The first-order valence-electron chi connectivity index (χ1n) is 9.47. The summed E-state index contributed by atoms with van der Waals surface area (Å²) in [5.74, 6) is -0.00508. The number of likely N-dealkylation sites (tertiary alicyclic amines) is 1. The molecule has 0 saturated carbocycles. The maximum atomic E-state index is 14.1. The van der Waals surface area contributed by atoms with Crippen molar-refractivity contribution in [3.05, 3.63) is 83.7 Å². The molecule has 1 saturated heterocycles. The minimum Gasteiger partial charge on any atom is -0.352 e. The Kier molecular flexibility index (Phi) is 6.40. The van der Waals surface area contributed by atoms with E-state index in [4.69, 9.17) is 0 Å². The van der Waals surface area contributed by atoms with E-state index in [1.54, 1.807) is 12.1 Å². The monoisotopic (exact) mass is 366 g/mol. The minimum atomic E-state index is -0.192. The lowest BCUT2D eigenvalue weighted by molar-refractivity contribution is -0.126. The summed E-state index contributed by atoms with van der Waals surface area (Å²) in [6.45, 7) is 8.19. The van der Waals surface area contributed by atoms with E-state index >= 15 is 0 Å². The predicted octanol–water partition coefficient (Wildman–Crippen LogP) is 4.04. The molecule has 0 aromatic heterocycles. The second-order valence-corrected chi connectivity index (χ2v) is 7.36. The van der Waals surface area contributed by atoms with Gasteiger partial charge < -0.3 is 5.32 Å². The lowest BCUT2D eigenvalue weighted by atomic mass is 9.83. The zero-order valence-corrected chi connectivity index (χ0v) is 15.8. The number of piperidine rings is 1. The SMILES string of the molecule is C=CCNC(=O)[C@@H]1C[C@@H](c2cccc(C)c2)CN(Cc2ccccc2F)C1. The molecule has 1 amide bonds. The van der Waals surface area contributed by atoms with Crippen LogP contribution < -0.4 is 5.32 Å². The van der Waals surface area contributed by atoms with Gasteiger partial charge in [-0.25, -0.2) is 4.39 Å². The average Bonchev–Trinajstić information content (AvgIpc) is 2.67. The van der Waals surface area contributed by atoms with Gasteiger partial charge in [0.2, 0.25) is 5.91 Å². The Morgan fingerprint density at radius 2 is 2.07 bits per heavy atom. The van der Waals surface area contributed by atoms with Crippen molar-refractivity contribution < 1.29 is 9.18 Å². The van der Waals surface area contributed by atoms with Gasteiger partial charge in [0.1, 0.15) is 5.82 Å². The summed E-state index contributed by atoms with van der Waals surface area (Å²) < 4.78 is 14.1. The number of halogens is 1. The van der Waals surface area contributed by atoms with Crippen LogP contribution in [0.1, 0.15) is 29.0 Å². The van der Waals surface area contributed by atoms with Crippen LogP contribution in [0.5, 0.6) is 0 Å². The fourth-order valence-electron chi connectivity index (χ4n) is 3.86. The molecule has 4 heteroatoms. The van der Waals surface area contributed by atoms with E-state index in [2.05, 4.69) is 48.0 Å². The number of amides is 1. The fourth-order valence-corrected chi connectivity index (χ4v) is 3.86. The molecular formula is C23H27FN2O. The van der Waals surface area contributed by atoms with Crippen LogP contribution in [0.25, 0.3) is 0 Å². The number of carbonyl (C=O) groups is 1. The summed E-state index contributed by atoms with van der Waals surface area (Å²) >= 11 is 0. The summed E-state index contributed by atoms with van der Waals surface area (Å²) in [7, 11) is 0. The van der Waals surface area contributed by atoms with Gasteiger partial charge in [-0.1, -0.05) is 54.1 Å². The number of carbonyl (C=O) groups excluding carboxylic acids is 1. The van der Waals surface area contributed by atoms with Crippen LogP contribution in [0.3, 0.4) is 0 Å². The first-order chi connectivity index (χ1) is 13.1. The van der Waals surface area contributed by atoms with Crippen LogP contribution in [0.2, 0.25) is 0 Å². The molecule has 1 aliphatic heterocycles. The molecule has 1 fully saturated rings. The molecule has 0 bridgehead atoms. The van der Waals surface area contributed by atoms with Crippen LogP contribution in [-0.2, 0) is 11.3 Å². The van der Waals surface area contributed by atoms with Crippen molar-refractivity contribution >= 4 is 5.91 Å². The molecule has 3 nitrogen and oxygen atoms in total. The Morgan fingerprint density at radius 3 is 2.81 bits per heavy atom. The largest absolute Gasteiger partial charge is 0.352 e. The standard InChI is InChI=1S/C23H27FN2O/c1-3-11-25-23(27)21-13-20(18-9-6-7-17(2)12-18)15-26(16-21)14-19-8-4-5-10-22(19)24/h3-10,12,20-21H,1,11,13-16H2,2H3,(H,25,27)/t20-,21-/m1/s1. The number of rotatable bonds is 6. The minimum absolute atomic E-state index is 0.0470. The van der Waals surface area contributed by atoms with Gasteiger partial charge in [-0.05, 0) is 30.9 Å². The number of hydrogen-bond acceptors (Lipinski definition) is 2. The Hall–Kier alpha value is -2.46. The third-order valence-electron chi connectivity index (χ3n) is 5.18. The second-order valence-electron chi connectivity index (χ2n) is 7.36. The quantitative estimate of drug-likeness (QED) is 0.783. The lowest BCUT2D eigenvalue weighted by Gasteiger charge is -2.37. The number of nitrogens with one attached hydrogen (secondary N) is 1. The molecule has 142 valence electrons. The van der Waals surface area contributed by atoms with Crippen LogP contribution >= 0.6 is 0 Å². The van der Waals surface area contributed by atoms with E-state index in [9.17, 15) is 9.18 Å². The molecule has 0 radical (unpaired) electrons. The maximum Gasteiger partial charge on any atom is 0.224 e. The van der Waals surface area contributed by atoms with E-state index in [0.29, 0.717) is 25.2 Å². The molecule has 2 atom stereocenters. The highest BCUT2D eigenvalue weighted by Crippen LogP contribution is 2.32. The van der Waals surface area contributed by atoms with Crippen molar-refractivity contribution in [3.63, 3.8) is 0 Å². The summed E-state index contributed by atoms with van der Waals surface area (Å²) in [5, 5.41) is 2.92. The molecule has 0 spiro atoms. The predicted molar refractivity (Wildman–Crippen MR) is 107 cm³/mol. The lowest BCUT2D eigenvalue weighted by Crippen LogP contribution is -2.45. The Bertz CT molecular complexity index is 804. The summed E-state index contributed by atoms with van der Waals surface area (Å²) in [4.78, 5) is 14.8. The zero-order chi connectivity index (χ0) is 19.2. The molecule has 0 aliphatic carbocycles. The molecule has 0 unspecified atom stereocenters. The molecule has 3 rings (SSSR count). The van der Waals surface area contributed by atoms with E-state index in [-0.39, 0.29) is 23.6 Å². The van der Waals surface area contributed by atoms with Gasteiger partial charge in [0, 0.05) is 31.7 Å². The van der Waals surface area contributed by atoms with Crippen molar-refractivity contribution in [3.8, 4) is 0 Å². The third-order valence-corrected chi connectivity index (χ3v) is 5.18. The topological polar surface area (TPSA) is 32.3 Å². The maximum absolute atomic E-state index is 14.1. The zero-order valence-electron chi connectivity index (χ0n) is 15.8. The van der Waals surface area contributed by atoms with Gasteiger partial charge in [0.15, 0.2) is 0 Å². The molecule has 1 heterocycles. The van der Waals surface area contributed by atoms with Crippen LogP contribution in [0.4, 0.5) is 4.39 Å². The summed E-state index contributed by atoms with van der Waals surface area (Å²) in [6, 6.07) is 15.3. The smallest absolute Gasteiger partial charge is 0.224 e.